The van der Waals surface area contributed by atoms with E-state index in [0.717, 1.165) is 15.7 Å². The lowest BCUT2D eigenvalue weighted by atomic mass is 10.2. The summed E-state index contributed by atoms with van der Waals surface area (Å²) in [5, 5.41) is 13.0. The smallest absolute Gasteiger partial charge is 0.281 e. The normalized spacial score (nSPS) is 11.2. The van der Waals surface area contributed by atoms with E-state index in [4.69, 9.17) is 4.74 Å². The van der Waals surface area contributed by atoms with E-state index >= 15 is 0 Å². The van der Waals surface area contributed by atoms with Crippen LogP contribution in [-0.4, -0.2) is 26.5 Å². The Kier molecular flexibility index (Phi) is 4.36. The maximum Gasteiger partial charge on any atom is 0.281 e. The van der Waals surface area contributed by atoms with Gasteiger partial charge in [0.05, 0.1) is 17.4 Å². The maximum atomic E-state index is 12.5. The fourth-order valence-corrected chi connectivity index (χ4v) is 3.38. The zero-order valence-electron chi connectivity index (χ0n) is 15.7. The topological polar surface area (TPSA) is 105 Å². The average molecular weight is 397 g/mol. The molecule has 0 N–H and O–H groups in total. The molecule has 0 spiro atoms. The highest BCUT2D eigenvalue weighted by Crippen LogP contribution is 2.23. The first-order chi connectivity index (χ1) is 14.7. The lowest BCUT2D eigenvalue weighted by Gasteiger charge is -2.09. The van der Waals surface area contributed by atoms with Gasteiger partial charge in [-0.25, -0.2) is 19.9 Å². The minimum absolute atomic E-state index is 0.313. The van der Waals surface area contributed by atoms with Crippen LogP contribution in [0.25, 0.3) is 33.1 Å². The predicted octanol–water partition coefficient (Wildman–Crippen LogP) is 2.34. The molecule has 146 valence electrons. The molecule has 8 nitrogen and oxygen atoms in total. The van der Waals surface area contributed by atoms with Crippen molar-refractivity contribution < 1.29 is 9.47 Å². The summed E-state index contributed by atoms with van der Waals surface area (Å²) in [6, 6.07) is 14.0. The molecule has 30 heavy (non-hydrogen) atoms. The summed E-state index contributed by atoms with van der Waals surface area (Å²) in [7, 11) is 0. The standard InChI is InChI=1S/C22H15N5O3/c28-22-16-5-3-10-23-20(16)26-21-19(25-22)14(7-11-24-21)9-13-30-18-8-12-27(29)17-6-2-1-4-15(17)18/h1-8,10-12H,9,13H2. The number of para-hydroxylation sites is 1. The van der Waals surface area contributed by atoms with E-state index in [1.807, 2.05) is 18.2 Å². The zero-order valence-corrected chi connectivity index (χ0v) is 15.7. The quantitative estimate of drug-likeness (QED) is 0.339. The fourth-order valence-electron chi connectivity index (χ4n) is 3.38. The number of pyridine rings is 3. The van der Waals surface area contributed by atoms with Crippen LogP contribution >= 0.6 is 0 Å². The summed E-state index contributed by atoms with van der Waals surface area (Å²) < 4.78 is 6.76. The highest BCUT2D eigenvalue weighted by Gasteiger charge is 2.11. The lowest BCUT2D eigenvalue weighted by molar-refractivity contribution is -0.577. The largest absolute Gasteiger partial charge is 0.618 e. The molecule has 4 heterocycles. The second-order valence-corrected chi connectivity index (χ2v) is 6.67. The molecule has 0 saturated carbocycles. The van der Waals surface area contributed by atoms with Gasteiger partial charge in [0.2, 0.25) is 5.52 Å². The van der Waals surface area contributed by atoms with Gasteiger partial charge in [-0.05, 0) is 29.8 Å². The first-order valence-electron chi connectivity index (χ1n) is 9.35. The second kappa shape index (κ2) is 7.32. The second-order valence-electron chi connectivity index (χ2n) is 6.67. The lowest BCUT2D eigenvalue weighted by Crippen LogP contribution is -2.26. The summed E-state index contributed by atoms with van der Waals surface area (Å²) in [4.78, 5) is 29.6. The third-order valence-electron chi connectivity index (χ3n) is 4.83. The van der Waals surface area contributed by atoms with Crippen LogP contribution in [0, 0.1) is 5.21 Å². The Hall–Kier alpha value is -4.20. The molecule has 5 rings (SSSR count). The minimum Gasteiger partial charge on any atom is -0.618 e. The van der Waals surface area contributed by atoms with Gasteiger partial charge >= 0.3 is 0 Å². The van der Waals surface area contributed by atoms with Gasteiger partial charge in [-0.1, -0.05) is 12.1 Å². The van der Waals surface area contributed by atoms with Gasteiger partial charge in [0.25, 0.3) is 5.56 Å². The van der Waals surface area contributed by atoms with Crippen LogP contribution in [0.15, 0.2) is 71.9 Å². The molecule has 5 aromatic rings. The molecular formula is C22H15N5O3. The van der Waals surface area contributed by atoms with E-state index in [0.29, 0.717) is 46.5 Å². The van der Waals surface area contributed by atoms with Crippen molar-refractivity contribution in [2.24, 2.45) is 0 Å². The number of aromatic nitrogens is 5. The number of nitrogens with zero attached hydrogens (tertiary/aromatic N) is 5. The van der Waals surface area contributed by atoms with E-state index in [-0.39, 0.29) is 0 Å². The third-order valence-corrected chi connectivity index (χ3v) is 4.83. The van der Waals surface area contributed by atoms with E-state index in [9.17, 15) is 10.0 Å². The highest BCUT2D eigenvalue weighted by atomic mass is 16.5. The molecule has 0 radical (unpaired) electrons. The molecule has 0 unspecified atom stereocenters. The average Bonchev–Trinajstić information content (AvgIpc) is 2.92. The number of hydrogen-bond acceptors (Lipinski definition) is 7. The molecule has 0 aliphatic heterocycles. The monoisotopic (exact) mass is 397 g/mol. The summed E-state index contributed by atoms with van der Waals surface area (Å²) in [5.41, 5.74) is 2.04. The van der Waals surface area contributed by atoms with E-state index in [2.05, 4.69) is 19.9 Å². The van der Waals surface area contributed by atoms with Crippen molar-refractivity contribution in [1.82, 2.24) is 19.9 Å². The molecule has 0 aliphatic rings. The molecule has 1 aromatic carbocycles. The van der Waals surface area contributed by atoms with Crippen molar-refractivity contribution in [1.29, 1.82) is 0 Å². The Bertz CT molecular complexity index is 1470. The predicted molar refractivity (Wildman–Crippen MR) is 111 cm³/mol. The Morgan fingerprint density at radius 2 is 1.73 bits per heavy atom. The van der Waals surface area contributed by atoms with E-state index < -0.39 is 5.56 Å². The first-order valence-corrected chi connectivity index (χ1v) is 9.35. The van der Waals surface area contributed by atoms with Crippen LogP contribution in [0.2, 0.25) is 0 Å². The SMILES string of the molecule is O=c1nc2c(CCOc3cc[n+]([O-])c4ccccc34)ccnc2nc2ncccc12. The zero-order chi connectivity index (χ0) is 20.5. The summed E-state index contributed by atoms with van der Waals surface area (Å²) in [6.45, 7) is 0.332. The van der Waals surface area contributed by atoms with Crippen molar-refractivity contribution in [2.45, 2.75) is 6.42 Å². The van der Waals surface area contributed by atoms with Crippen molar-refractivity contribution >= 4 is 33.1 Å². The Morgan fingerprint density at radius 3 is 2.67 bits per heavy atom. The van der Waals surface area contributed by atoms with Crippen molar-refractivity contribution in [2.75, 3.05) is 6.61 Å². The van der Waals surface area contributed by atoms with Crippen LogP contribution in [0.3, 0.4) is 0 Å². The molecule has 0 fully saturated rings. The molecule has 4 aromatic heterocycles. The first kappa shape index (κ1) is 17.9. The fraction of sp³-hybridized carbons (Fsp3) is 0.0909. The summed E-state index contributed by atoms with van der Waals surface area (Å²) in [5.74, 6) is 0.618. The van der Waals surface area contributed by atoms with Crippen LogP contribution in [0.5, 0.6) is 5.75 Å². The van der Waals surface area contributed by atoms with Crippen LogP contribution in [-0.2, 0) is 6.42 Å². The molecule has 0 amide bonds. The molecular weight excluding hydrogens is 382 g/mol. The van der Waals surface area contributed by atoms with Gasteiger partial charge < -0.3 is 9.94 Å². The van der Waals surface area contributed by atoms with Gasteiger partial charge in [-0.3, -0.25) is 4.79 Å². The van der Waals surface area contributed by atoms with E-state index in [1.54, 1.807) is 42.7 Å². The van der Waals surface area contributed by atoms with Crippen molar-refractivity contribution in [3.8, 4) is 5.75 Å². The minimum atomic E-state index is -0.398. The number of hydrogen-bond donors (Lipinski definition) is 0. The molecule has 0 bridgehead atoms. The maximum absolute atomic E-state index is 12.5. The third kappa shape index (κ3) is 3.14. The number of ether oxygens (including phenoxy) is 1. The van der Waals surface area contributed by atoms with Crippen LogP contribution < -0.4 is 15.0 Å². The number of rotatable bonds is 4. The van der Waals surface area contributed by atoms with Crippen molar-refractivity contribution in [3.63, 3.8) is 0 Å². The number of fused-ring (bicyclic) bond motifs is 3. The van der Waals surface area contributed by atoms with Crippen LogP contribution in [0.1, 0.15) is 5.56 Å². The van der Waals surface area contributed by atoms with Crippen LogP contribution in [0.4, 0.5) is 0 Å². The molecule has 8 heteroatoms. The molecule has 0 aliphatic carbocycles. The Labute approximate surface area is 170 Å². The summed E-state index contributed by atoms with van der Waals surface area (Å²) in [6.07, 6.45) is 5.12. The Balaban J connectivity index is 1.49. The Morgan fingerprint density at radius 1 is 0.900 bits per heavy atom. The van der Waals surface area contributed by atoms with Gasteiger partial charge in [0.15, 0.2) is 17.5 Å². The highest BCUT2D eigenvalue weighted by molar-refractivity contribution is 5.82. The molecule has 0 saturated heterocycles. The van der Waals surface area contributed by atoms with E-state index in [1.165, 1.54) is 6.20 Å². The summed E-state index contributed by atoms with van der Waals surface area (Å²) >= 11 is 0. The van der Waals surface area contributed by atoms with Gasteiger partial charge in [0, 0.05) is 30.9 Å². The van der Waals surface area contributed by atoms with Crippen molar-refractivity contribution in [3.05, 3.63) is 88.2 Å². The van der Waals surface area contributed by atoms with Gasteiger partial charge in [-0.2, -0.15) is 4.73 Å². The van der Waals surface area contributed by atoms with Gasteiger partial charge in [-0.15, -0.1) is 0 Å². The molecule has 0 atom stereocenters. The van der Waals surface area contributed by atoms with Gasteiger partial charge in [0.1, 0.15) is 11.3 Å². The number of benzene rings is 1.